The number of hydrogen-bond acceptors (Lipinski definition) is 1. The van der Waals surface area contributed by atoms with E-state index in [2.05, 4.69) is 6.92 Å². The average Bonchev–Trinajstić information content (AvgIpc) is 2.48. The van der Waals surface area contributed by atoms with Crippen LogP contribution in [-0.4, -0.2) is 6.04 Å². The van der Waals surface area contributed by atoms with Crippen molar-refractivity contribution in [3.05, 3.63) is 35.6 Å². The second-order valence-electron chi connectivity index (χ2n) is 6.17. The molecule has 0 bridgehead atoms. The Morgan fingerprint density at radius 1 is 0.905 bits per heavy atom. The summed E-state index contributed by atoms with van der Waals surface area (Å²) in [5.41, 5.74) is 6.85. The molecule has 0 amide bonds. The summed E-state index contributed by atoms with van der Waals surface area (Å²) in [5.74, 6) is -0.125. The molecule has 1 aromatic carbocycles. The predicted molar refractivity (Wildman–Crippen MR) is 89.9 cm³/mol. The molecule has 0 aliphatic carbocycles. The van der Waals surface area contributed by atoms with Crippen molar-refractivity contribution < 1.29 is 4.39 Å². The zero-order valence-corrected chi connectivity index (χ0v) is 13.6. The van der Waals surface area contributed by atoms with E-state index in [0.717, 1.165) is 12.0 Å². The number of rotatable bonds is 12. The first-order chi connectivity index (χ1) is 10.2. The Labute approximate surface area is 130 Å². The second kappa shape index (κ2) is 11.7. The molecule has 1 aromatic rings. The van der Waals surface area contributed by atoms with Crippen molar-refractivity contribution in [1.82, 2.24) is 0 Å². The topological polar surface area (TPSA) is 26.0 Å². The van der Waals surface area contributed by atoms with E-state index in [4.69, 9.17) is 5.73 Å². The molecule has 0 saturated carbocycles. The van der Waals surface area contributed by atoms with E-state index in [9.17, 15) is 4.39 Å². The van der Waals surface area contributed by atoms with Crippen molar-refractivity contribution in [1.29, 1.82) is 0 Å². The summed E-state index contributed by atoms with van der Waals surface area (Å²) in [4.78, 5) is 0. The van der Waals surface area contributed by atoms with Crippen LogP contribution in [0.15, 0.2) is 24.3 Å². The molecule has 1 atom stereocenters. The first-order valence-electron chi connectivity index (χ1n) is 8.73. The molecular formula is C19H32FN. The molecule has 0 aliphatic heterocycles. The number of nitrogens with two attached hydrogens (primary N) is 1. The van der Waals surface area contributed by atoms with Gasteiger partial charge in [0.25, 0.3) is 0 Å². The van der Waals surface area contributed by atoms with Crippen LogP contribution in [0.1, 0.15) is 76.7 Å². The van der Waals surface area contributed by atoms with Gasteiger partial charge in [0.15, 0.2) is 0 Å². The zero-order valence-electron chi connectivity index (χ0n) is 13.6. The van der Waals surface area contributed by atoms with Crippen molar-refractivity contribution >= 4 is 0 Å². The van der Waals surface area contributed by atoms with Crippen LogP contribution in [0.25, 0.3) is 0 Å². The third-order valence-electron chi connectivity index (χ3n) is 4.12. The fraction of sp³-hybridized carbons (Fsp3) is 0.684. The Balaban J connectivity index is 1.99. The minimum atomic E-state index is -0.125. The van der Waals surface area contributed by atoms with E-state index in [0.29, 0.717) is 6.42 Å². The maximum Gasteiger partial charge on any atom is 0.126 e. The van der Waals surface area contributed by atoms with Gasteiger partial charge in [-0.15, -0.1) is 0 Å². The number of unbranched alkanes of at least 4 members (excludes halogenated alkanes) is 8. The van der Waals surface area contributed by atoms with Crippen molar-refractivity contribution in [2.75, 3.05) is 0 Å². The van der Waals surface area contributed by atoms with E-state index >= 15 is 0 Å². The highest BCUT2D eigenvalue weighted by Gasteiger charge is 2.07. The van der Waals surface area contributed by atoms with Crippen LogP contribution in [0.2, 0.25) is 0 Å². The SMILES string of the molecule is CCCCCCCCCCCC(N)Cc1ccccc1F. The maximum atomic E-state index is 13.5. The van der Waals surface area contributed by atoms with E-state index in [1.807, 2.05) is 12.1 Å². The minimum absolute atomic E-state index is 0.0893. The molecule has 21 heavy (non-hydrogen) atoms. The van der Waals surface area contributed by atoms with Gasteiger partial charge in [-0.2, -0.15) is 0 Å². The molecule has 1 nitrogen and oxygen atoms in total. The summed E-state index contributed by atoms with van der Waals surface area (Å²) in [6.45, 7) is 2.25. The van der Waals surface area contributed by atoms with E-state index in [1.54, 1.807) is 6.07 Å². The molecule has 0 aromatic heterocycles. The highest BCUT2D eigenvalue weighted by molar-refractivity contribution is 5.18. The van der Waals surface area contributed by atoms with Crippen LogP contribution < -0.4 is 5.73 Å². The fourth-order valence-electron chi connectivity index (χ4n) is 2.77. The molecule has 2 N–H and O–H groups in total. The van der Waals surface area contributed by atoms with Gasteiger partial charge in [-0.3, -0.25) is 0 Å². The van der Waals surface area contributed by atoms with E-state index < -0.39 is 0 Å². The molecule has 0 saturated heterocycles. The predicted octanol–water partition coefficient (Wildman–Crippen LogP) is 5.62. The molecular weight excluding hydrogens is 261 g/mol. The lowest BCUT2D eigenvalue weighted by Gasteiger charge is -2.12. The highest BCUT2D eigenvalue weighted by atomic mass is 19.1. The second-order valence-corrected chi connectivity index (χ2v) is 6.17. The first-order valence-corrected chi connectivity index (χ1v) is 8.73. The lowest BCUT2D eigenvalue weighted by Crippen LogP contribution is -2.23. The molecule has 1 rings (SSSR count). The third-order valence-corrected chi connectivity index (χ3v) is 4.12. The van der Waals surface area contributed by atoms with Gasteiger partial charge in [0.1, 0.15) is 5.82 Å². The van der Waals surface area contributed by atoms with Gasteiger partial charge >= 0.3 is 0 Å². The number of halogens is 1. The monoisotopic (exact) mass is 293 g/mol. The maximum absolute atomic E-state index is 13.5. The van der Waals surface area contributed by atoms with Gasteiger partial charge in [0, 0.05) is 6.04 Å². The summed E-state index contributed by atoms with van der Waals surface area (Å²) < 4.78 is 13.5. The van der Waals surface area contributed by atoms with Crippen LogP contribution in [-0.2, 0) is 6.42 Å². The smallest absolute Gasteiger partial charge is 0.126 e. The lowest BCUT2D eigenvalue weighted by atomic mass is 10.00. The average molecular weight is 293 g/mol. The van der Waals surface area contributed by atoms with Crippen molar-refractivity contribution in [2.24, 2.45) is 5.73 Å². The molecule has 0 spiro atoms. The van der Waals surface area contributed by atoms with Gasteiger partial charge in [-0.1, -0.05) is 82.9 Å². The van der Waals surface area contributed by atoms with E-state index in [1.165, 1.54) is 63.9 Å². The summed E-state index contributed by atoms with van der Waals surface area (Å²) in [5, 5.41) is 0. The Kier molecular flexibility index (Phi) is 10.1. The third kappa shape index (κ3) is 8.87. The quantitative estimate of drug-likeness (QED) is 0.497. The van der Waals surface area contributed by atoms with Crippen LogP contribution >= 0.6 is 0 Å². The van der Waals surface area contributed by atoms with Crippen LogP contribution in [0.4, 0.5) is 4.39 Å². The Bertz CT molecular complexity index is 364. The van der Waals surface area contributed by atoms with Gasteiger partial charge in [0.2, 0.25) is 0 Å². The Hall–Kier alpha value is -0.890. The number of hydrogen-bond donors (Lipinski definition) is 1. The van der Waals surface area contributed by atoms with Gasteiger partial charge in [0.05, 0.1) is 0 Å². The minimum Gasteiger partial charge on any atom is -0.327 e. The molecule has 1 unspecified atom stereocenters. The van der Waals surface area contributed by atoms with Gasteiger partial charge in [-0.05, 0) is 24.5 Å². The van der Waals surface area contributed by atoms with Crippen LogP contribution in [0.5, 0.6) is 0 Å². The first kappa shape index (κ1) is 18.2. The lowest BCUT2D eigenvalue weighted by molar-refractivity contribution is 0.514. The van der Waals surface area contributed by atoms with Crippen molar-refractivity contribution in [3.8, 4) is 0 Å². The largest absolute Gasteiger partial charge is 0.327 e. The number of benzene rings is 1. The van der Waals surface area contributed by atoms with Crippen molar-refractivity contribution in [2.45, 2.75) is 83.6 Å². The molecule has 0 fully saturated rings. The van der Waals surface area contributed by atoms with Crippen LogP contribution in [0, 0.1) is 5.82 Å². The summed E-state index contributed by atoms with van der Waals surface area (Å²) >= 11 is 0. The molecule has 0 aliphatic rings. The van der Waals surface area contributed by atoms with Crippen molar-refractivity contribution in [3.63, 3.8) is 0 Å². The molecule has 2 heteroatoms. The normalized spacial score (nSPS) is 12.5. The highest BCUT2D eigenvalue weighted by Crippen LogP contribution is 2.14. The summed E-state index contributed by atoms with van der Waals surface area (Å²) in [6, 6.07) is 7.05. The molecule has 0 heterocycles. The fourth-order valence-corrected chi connectivity index (χ4v) is 2.77. The Morgan fingerprint density at radius 2 is 1.48 bits per heavy atom. The Morgan fingerprint density at radius 3 is 2.10 bits per heavy atom. The summed E-state index contributed by atoms with van der Waals surface area (Å²) in [7, 11) is 0. The molecule has 0 radical (unpaired) electrons. The zero-order chi connectivity index (χ0) is 15.3. The van der Waals surface area contributed by atoms with Gasteiger partial charge < -0.3 is 5.73 Å². The van der Waals surface area contributed by atoms with Gasteiger partial charge in [-0.25, -0.2) is 4.39 Å². The van der Waals surface area contributed by atoms with Crippen LogP contribution in [0.3, 0.4) is 0 Å². The van der Waals surface area contributed by atoms with E-state index in [-0.39, 0.29) is 11.9 Å². The molecule has 120 valence electrons. The summed E-state index contributed by atoms with van der Waals surface area (Å²) in [6.07, 6.45) is 13.6. The standard InChI is InChI=1S/C19H32FN/c1-2-3-4-5-6-7-8-9-10-14-18(21)16-17-13-11-12-15-19(17)20/h11-13,15,18H,2-10,14,16,21H2,1H3.